The molecule has 0 bridgehead atoms. The first-order valence-electron chi connectivity index (χ1n) is 12.4. The molecular formula is C29H35N2O3P. The Kier molecular flexibility index (Phi) is 8.30. The smallest absolute Gasteiger partial charge is 0.399 e. The molecule has 3 aromatic carbocycles. The highest BCUT2D eigenvalue weighted by Gasteiger charge is 2.33. The van der Waals surface area contributed by atoms with E-state index in [1.165, 1.54) is 5.56 Å². The maximum atomic E-state index is 14.2. The molecule has 0 aromatic heterocycles. The van der Waals surface area contributed by atoms with Crippen molar-refractivity contribution in [3.63, 3.8) is 0 Å². The lowest BCUT2D eigenvalue weighted by atomic mass is 9.95. The second-order valence-corrected chi connectivity index (χ2v) is 11.0. The van der Waals surface area contributed by atoms with Crippen molar-refractivity contribution in [3.8, 4) is 11.5 Å². The van der Waals surface area contributed by atoms with Gasteiger partial charge in [-0.15, -0.1) is 4.76 Å². The number of para-hydroxylation sites is 2. The van der Waals surface area contributed by atoms with Crippen molar-refractivity contribution in [2.75, 3.05) is 13.1 Å². The molecule has 1 aliphatic rings. The molecule has 35 heavy (non-hydrogen) atoms. The normalized spacial score (nSPS) is 15.3. The molecule has 1 fully saturated rings. The highest BCUT2D eigenvalue weighted by Crippen LogP contribution is 2.51. The molecule has 1 atom stereocenters. The summed E-state index contributed by atoms with van der Waals surface area (Å²) in [6.45, 7) is 8.33. The van der Waals surface area contributed by atoms with E-state index < -0.39 is 7.75 Å². The predicted molar refractivity (Wildman–Crippen MR) is 143 cm³/mol. The van der Waals surface area contributed by atoms with Gasteiger partial charge >= 0.3 is 7.75 Å². The topological polar surface area (TPSA) is 51.1 Å². The summed E-state index contributed by atoms with van der Waals surface area (Å²) in [5.74, 6) is 2.21. The van der Waals surface area contributed by atoms with Gasteiger partial charge in [-0.2, -0.15) is 0 Å². The van der Waals surface area contributed by atoms with Gasteiger partial charge in [0.25, 0.3) is 0 Å². The van der Waals surface area contributed by atoms with Crippen LogP contribution < -0.4 is 9.05 Å². The summed E-state index contributed by atoms with van der Waals surface area (Å²) >= 11 is 0. The van der Waals surface area contributed by atoms with E-state index >= 15 is 0 Å². The van der Waals surface area contributed by atoms with Crippen LogP contribution >= 0.6 is 7.75 Å². The molecule has 1 aliphatic heterocycles. The largest absolute Gasteiger partial charge is 0.565 e. The Morgan fingerprint density at radius 3 is 1.83 bits per heavy atom. The van der Waals surface area contributed by atoms with Crippen molar-refractivity contribution in [1.29, 1.82) is 0 Å². The Morgan fingerprint density at radius 2 is 1.34 bits per heavy atom. The molecule has 0 spiro atoms. The number of amidine groups is 1. The van der Waals surface area contributed by atoms with E-state index in [0.29, 0.717) is 17.4 Å². The van der Waals surface area contributed by atoms with Crippen molar-refractivity contribution in [2.24, 2.45) is 10.7 Å². The van der Waals surface area contributed by atoms with Crippen LogP contribution in [0.15, 0.2) is 89.7 Å². The van der Waals surface area contributed by atoms with E-state index in [0.717, 1.165) is 43.8 Å². The van der Waals surface area contributed by atoms with Crippen molar-refractivity contribution in [1.82, 2.24) is 4.90 Å². The molecule has 6 heteroatoms. The molecule has 184 valence electrons. The first-order chi connectivity index (χ1) is 16.9. The number of benzene rings is 3. The maximum Gasteiger partial charge on any atom is 0.565 e. The summed E-state index contributed by atoms with van der Waals surface area (Å²) in [6, 6.07) is 26.9. The molecular weight excluding hydrogens is 455 g/mol. The standard InChI is InChI=1S/C29H35N2O3P/c1-23(2)22-25-16-18-26(19-17-25)24(3)29(31-20-10-11-21-31)30-35(32,33-27-12-6-4-7-13-27)34-28-14-8-5-9-15-28/h4-9,12-19,23-24H,10-11,20-22H2,1-3H3/b30-29-. The van der Waals surface area contributed by atoms with Crippen molar-refractivity contribution < 1.29 is 13.6 Å². The van der Waals surface area contributed by atoms with E-state index in [-0.39, 0.29) is 5.92 Å². The van der Waals surface area contributed by atoms with E-state index in [1.54, 1.807) is 24.3 Å². The Bertz CT molecular complexity index is 1100. The molecule has 5 nitrogen and oxygen atoms in total. The summed E-state index contributed by atoms with van der Waals surface area (Å²) in [5.41, 5.74) is 2.45. The number of likely N-dealkylation sites (tertiary alicyclic amines) is 1. The zero-order valence-electron chi connectivity index (χ0n) is 20.8. The van der Waals surface area contributed by atoms with Crippen LogP contribution in [-0.4, -0.2) is 23.8 Å². The lowest BCUT2D eigenvalue weighted by Gasteiger charge is -2.27. The van der Waals surface area contributed by atoms with Gasteiger partial charge < -0.3 is 13.9 Å². The second kappa shape index (κ2) is 11.6. The number of hydrogen-bond acceptors (Lipinski definition) is 3. The van der Waals surface area contributed by atoms with Gasteiger partial charge in [-0.25, -0.2) is 4.57 Å². The lowest BCUT2D eigenvalue weighted by Crippen LogP contribution is -2.32. The Morgan fingerprint density at radius 1 is 0.829 bits per heavy atom. The molecule has 0 amide bonds. The fraction of sp³-hybridized carbons (Fsp3) is 0.345. The molecule has 1 unspecified atom stereocenters. The fourth-order valence-electron chi connectivity index (χ4n) is 4.35. The molecule has 0 N–H and O–H groups in total. The summed E-state index contributed by atoms with van der Waals surface area (Å²) in [5, 5.41) is 0. The zero-order valence-corrected chi connectivity index (χ0v) is 21.7. The molecule has 1 saturated heterocycles. The highest BCUT2D eigenvalue weighted by molar-refractivity contribution is 7.53. The van der Waals surface area contributed by atoms with Crippen LogP contribution in [0.3, 0.4) is 0 Å². The van der Waals surface area contributed by atoms with Crippen LogP contribution in [0.2, 0.25) is 0 Å². The van der Waals surface area contributed by atoms with Crippen LogP contribution in [0.5, 0.6) is 11.5 Å². The number of rotatable bonds is 9. The van der Waals surface area contributed by atoms with Gasteiger partial charge in [0.05, 0.1) is 0 Å². The van der Waals surface area contributed by atoms with Crippen LogP contribution in [0.25, 0.3) is 0 Å². The second-order valence-electron chi connectivity index (χ2n) is 9.49. The summed E-state index contributed by atoms with van der Waals surface area (Å²) in [6.07, 6.45) is 3.22. The minimum absolute atomic E-state index is 0.0618. The van der Waals surface area contributed by atoms with Crippen LogP contribution in [0, 0.1) is 5.92 Å². The molecule has 0 radical (unpaired) electrons. The Labute approximate surface area is 209 Å². The maximum absolute atomic E-state index is 14.2. The summed E-state index contributed by atoms with van der Waals surface area (Å²) in [4.78, 5) is 2.22. The fourth-order valence-corrected chi connectivity index (χ4v) is 5.79. The highest BCUT2D eigenvalue weighted by atomic mass is 31.2. The van der Waals surface area contributed by atoms with Gasteiger partial charge in [0, 0.05) is 19.0 Å². The first-order valence-corrected chi connectivity index (χ1v) is 13.9. The van der Waals surface area contributed by atoms with Gasteiger partial charge in [-0.05, 0) is 60.6 Å². The Balaban J connectivity index is 1.70. The van der Waals surface area contributed by atoms with Crippen molar-refractivity contribution >= 4 is 13.6 Å². The molecule has 3 aromatic rings. The SMILES string of the molecule is CC(C)Cc1ccc(C(C)/C(=N/P(=O)(Oc2ccccc2)Oc2ccccc2)N2CCCC2)cc1. The van der Waals surface area contributed by atoms with Crippen LogP contribution in [0.4, 0.5) is 0 Å². The molecule has 4 rings (SSSR count). The van der Waals surface area contributed by atoms with Crippen molar-refractivity contribution in [2.45, 2.75) is 46.0 Å². The van der Waals surface area contributed by atoms with Gasteiger partial charge in [-0.3, -0.25) is 0 Å². The Hall–Kier alpha value is -3.04. The monoisotopic (exact) mass is 490 g/mol. The number of hydrogen-bond donors (Lipinski definition) is 0. The van der Waals surface area contributed by atoms with Crippen LogP contribution in [-0.2, 0) is 11.0 Å². The molecule has 0 saturated carbocycles. The third-order valence-electron chi connectivity index (χ3n) is 6.09. The molecule has 1 heterocycles. The minimum atomic E-state index is -3.93. The predicted octanol–water partition coefficient (Wildman–Crippen LogP) is 7.75. The third kappa shape index (κ3) is 6.99. The van der Waals surface area contributed by atoms with E-state index in [2.05, 4.69) is 49.9 Å². The van der Waals surface area contributed by atoms with Gasteiger partial charge in [0.1, 0.15) is 17.3 Å². The summed E-state index contributed by atoms with van der Waals surface area (Å²) < 4.78 is 30.9. The van der Waals surface area contributed by atoms with E-state index in [4.69, 9.17) is 13.8 Å². The van der Waals surface area contributed by atoms with E-state index in [9.17, 15) is 4.57 Å². The van der Waals surface area contributed by atoms with Crippen LogP contribution in [0.1, 0.15) is 50.7 Å². The number of nitrogens with zero attached hydrogens (tertiary/aromatic N) is 2. The lowest BCUT2D eigenvalue weighted by molar-refractivity contribution is 0.385. The molecule has 0 aliphatic carbocycles. The quantitative estimate of drug-likeness (QED) is 0.175. The first kappa shape index (κ1) is 25.1. The third-order valence-corrected chi connectivity index (χ3v) is 7.43. The van der Waals surface area contributed by atoms with Gasteiger partial charge in [-0.1, -0.05) is 81.4 Å². The average Bonchev–Trinajstić information content (AvgIpc) is 3.38. The van der Waals surface area contributed by atoms with E-state index in [1.807, 2.05) is 36.4 Å². The summed E-state index contributed by atoms with van der Waals surface area (Å²) in [7, 11) is -3.93. The zero-order chi connectivity index (χ0) is 24.7. The minimum Gasteiger partial charge on any atom is -0.399 e. The average molecular weight is 491 g/mol. The van der Waals surface area contributed by atoms with Crippen molar-refractivity contribution in [3.05, 3.63) is 96.1 Å². The van der Waals surface area contributed by atoms with Gasteiger partial charge in [0.2, 0.25) is 0 Å². The van der Waals surface area contributed by atoms with Gasteiger partial charge in [0.15, 0.2) is 0 Å².